The molecule has 2 aliphatic rings. The molecule has 2 aromatic carbocycles. The van der Waals surface area contributed by atoms with Crippen LogP contribution >= 0.6 is 0 Å². The average Bonchev–Trinajstić information content (AvgIpc) is 2.77. The average molecular weight is 423 g/mol. The summed E-state index contributed by atoms with van der Waals surface area (Å²) >= 11 is 0. The number of carbonyl (C=O) groups is 1. The topological polar surface area (TPSA) is 45.6 Å². The molecule has 0 saturated carbocycles. The molecule has 5 nitrogen and oxygen atoms in total. The molecule has 0 spiro atoms. The van der Waals surface area contributed by atoms with Crippen LogP contribution in [0, 0.1) is 11.6 Å². The lowest BCUT2D eigenvalue weighted by molar-refractivity contribution is 0.0618. The Hall–Kier alpha value is -3.06. The van der Waals surface area contributed by atoms with E-state index in [2.05, 4.69) is 11.0 Å². The van der Waals surface area contributed by atoms with Crippen molar-refractivity contribution in [3.8, 4) is 0 Å². The largest absolute Gasteiger partial charge is 0.336 e. The molecule has 0 unspecified atom stereocenters. The summed E-state index contributed by atoms with van der Waals surface area (Å²) in [5.74, 6) is -2.31. The lowest BCUT2D eigenvalue weighted by Crippen LogP contribution is -2.49. The summed E-state index contributed by atoms with van der Waals surface area (Å²) in [5, 5.41) is 1.08. The second-order valence-electron chi connectivity index (χ2n) is 8.25. The number of aryl methyl sites for hydroxylation is 2. The van der Waals surface area contributed by atoms with Gasteiger partial charge in [-0.05, 0) is 42.0 Å². The third-order valence-corrected chi connectivity index (χ3v) is 6.33. The van der Waals surface area contributed by atoms with Crippen LogP contribution in [0.25, 0.3) is 10.9 Å². The monoisotopic (exact) mass is 423 g/mol. The van der Waals surface area contributed by atoms with Crippen LogP contribution in [0.2, 0.25) is 0 Å². The molecule has 1 fully saturated rings. The number of benzene rings is 2. The molecule has 0 radical (unpaired) electrons. The number of hydrogen-bond acceptors (Lipinski definition) is 3. The summed E-state index contributed by atoms with van der Waals surface area (Å²) in [7, 11) is 0. The Morgan fingerprint density at radius 2 is 1.65 bits per heavy atom. The molecule has 160 valence electrons. The van der Waals surface area contributed by atoms with Gasteiger partial charge in [-0.15, -0.1) is 0 Å². The molecule has 1 aromatic heterocycles. The lowest BCUT2D eigenvalue weighted by Gasteiger charge is -2.35. The molecule has 0 aliphatic carbocycles. The third-order valence-electron chi connectivity index (χ3n) is 6.33. The van der Waals surface area contributed by atoms with Crippen LogP contribution in [0.15, 0.2) is 47.3 Å². The quantitative estimate of drug-likeness (QED) is 0.650. The standard InChI is InChI=1S/C24H23F2N3O2/c25-19-7-2-8-20(26)21(19)24(31)28-12-10-27(11-13-28)15-18-14-17-5-1-4-16-6-3-9-29(22(16)17)23(18)30/h1-2,4-5,7-8,14H,3,6,9-13,15H2. The van der Waals surface area contributed by atoms with Crippen LogP contribution in [0.1, 0.15) is 27.9 Å². The number of piperazine rings is 1. The third kappa shape index (κ3) is 3.53. The molecule has 1 saturated heterocycles. The summed E-state index contributed by atoms with van der Waals surface area (Å²) < 4.78 is 29.8. The predicted octanol–water partition coefficient (Wildman–Crippen LogP) is 3.18. The Morgan fingerprint density at radius 1 is 0.935 bits per heavy atom. The fourth-order valence-corrected chi connectivity index (χ4v) is 4.75. The van der Waals surface area contributed by atoms with Gasteiger partial charge in [-0.1, -0.05) is 24.3 Å². The fraction of sp³-hybridized carbons (Fsp3) is 0.333. The molecule has 1 amide bonds. The van der Waals surface area contributed by atoms with Crippen LogP contribution in [-0.4, -0.2) is 46.5 Å². The first kappa shape index (κ1) is 19.9. The maximum absolute atomic E-state index is 14.0. The van der Waals surface area contributed by atoms with E-state index in [9.17, 15) is 18.4 Å². The van der Waals surface area contributed by atoms with E-state index < -0.39 is 23.1 Å². The van der Waals surface area contributed by atoms with E-state index in [0.717, 1.165) is 48.0 Å². The second-order valence-corrected chi connectivity index (χ2v) is 8.25. The zero-order valence-electron chi connectivity index (χ0n) is 17.1. The molecular formula is C24H23F2N3O2. The molecule has 0 atom stereocenters. The molecule has 3 heterocycles. The number of rotatable bonds is 3. The Kier molecular flexibility index (Phi) is 5.06. The SMILES string of the molecule is O=C(c1c(F)cccc1F)N1CCN(Cc2cc3cccc4c3n(c2=O)CCC4)CC1. The smallest absolute Gasteiger partial charge is 0.259 e. The van der Waals surface area contributed by atoms with Crippen molar-refractivity contribution in [2.45, 2.75) is 25.9 Å². The maximum atomic E-state index is 14.0. The van der Waals surface area contributed by atoms with Crippen molar-refractivity contribution in [2.24, 2.45) is 0 Å². The Balaban J connectivity index is 1.33. The lowest BCUT2D eigenvalue weighted by atomic mass is 10.00. The van der Waals surface area contributed by atoms with Crippen LogP contribution in [0.3, 0.4) is 0 Å². The highest BCUT2D eigenvalue weighted by Gasteiger charge is 2.27. The van der Waals surface area contributed by atoms with E-state index in [1.54, 1.807) is 0 Å². The van der Waals surface area contributed by atoms with Crippen LogP contribution in [0.4, 0.5) is 8.78 Å². The highest BCUT2D eigenvalue weighted by Crippen LogP contribution is 2.24. The van der Waals surface area contributed by atoms with E-state index in [4.69, 9.17) is 0 Å². The molecule has 0 N–H and O–H groups in total. The van der Waals surface area contributed by atoms with Crippen molar-refractivity contribution < 1.29 is 13.6 Å². The van der Waals surface area contributed by atoms with Gasteiger partial charge >= 0.3 is 0 Å². The number of carbonyl (C=O) groups excluding carboxylic acids is 1. The number of para-hydroxylation sites is 1. The first-order valence-electron chi connectivity index (χ1n) is 10.6. The minimum absolute atomic E-state index is 0.0478. The summed E-state index contributed by atoms with van der Waals surface area (Å²) in [4.78, 5) is 29.3. The number of pyridine rings is 1. The van der Waals surface area contributed by atoms with E-state index in [-0.39, 0.29) is 5.56 Å². The van der Waals surface area contributed by atoms with Crippen LogP contribution in [0.5, 0.6) is 0 Å². The minimum atomic E-state index is -0.843. The molecule has 3 aromatic rings. The van der Waals surface area contributed by atoms with E-state index in [1.807, 2.05) is 22.8 Å². The van der Waals surface area contributed by atoms with Gasteiger partial charge in [0.15, 0.2) is 0 Å². The molecular weight excluding hydrogens is 400 g/mol. The van der Waals surface area contributed by atoms with Gasteiger partial charge in [0, 0.05) is 44.8 Å². The molecule has 31 heavy (non-hydrogen) atoms. The molecule has 2 aliphatic heterocycles. The zero-order chi connectivity index (χ0) is 21.5. The molecule has 5 rings (SSSR count). The van der Waals surface area contributed by atoms with Crippen molar-refractivity contribution in [1.82, 2.24) is 14.4 Å². The Morgan fingerprint density at radius 3 is 2.39 bits per heavy atom. The van der Waals surface area contributed by atoms with Gasteiger partial charge in [0.2, 0.25) is 0 Å². The number of halogens is 2. The number of amides is 1. The Labute approximate surface area is 178 Å². The van der Waals surface area contributed by atoms with Crippen molar-refractivity contribution in [2.75, 3.05) is 26.2 Å². The second kappa shape index (κ2) is 7.89. The van der Waals surface area contributed by atoms with E-state index >= 15 is 0 Å². The van der Waals surface area contributed by atoms with E-state index in [0.29, 0.717) is 32.7 Å². The summed E-state index contributed by atoms with van der Waals surface area (Å²) in [5.41, 5.74) is 2.56. The van der Waals surface area contributed by atoms with Crippen molar-refractivity contribution in [3.05, 3.63) is 81.1 Å². The van der Waals surface area contributed by atoms with Gasteiger partial charge in [-0.25, -0.2) is 8.78 Å². The van der Waals surface area contributed by atoms with Crippen LogP contribution < -0.4 is 5.56 Å². The minimum Gasteiger partial charge on any atom is -0.336 e. The number of hydrogen-bond donors (Lipinski definition) is 0. The van der Waals surface area contributed by atoms with Crippen LogP contribution in [-0.2, 0) is 19.5 Å². The number of nitrogens with zero attached hydrogens (tertiary/aromatic N) is 3. The van der Waals surface area contributed by atoms with Gasteiger partial charge in [0.25, 0.3) is 11.5 Å². The van der Waals surface area contributed by atoms with Crippen molar-refractivity contribution >= 4 is 16.8 Å². The van der Waals surface area contributed by atoms with Gasteiger partial charge in [0.1, 0.15) is 17.2 Å². The summed E-state index contributed by atoms with van der Waals surface area (Å²) in [6.45, 7) is 3.03. The number of aromatic nitrogens is 1. The van der Waals surface area contributed by atoms with Gasteiger partial charge < -0.3 is 9.47 Å². The predicted molar refractivity (Wildman–Crippen MR) is 114 cm³/mol. The zero-order valence-corrected chi connectivity index (χ0v) is 17.1. The normalized spacial score (nSPS) is 16.6. The van der Waals surface area contributed by atoms with Crippen molar-refractivity contribution in [3.63, 3.8) is 0 Å². The fourth-order valence-electron chi connectivity index (χ4n) is 4.75. The summed E-state index contributed by atoms with van der Waals surface area (Å²) in [6, 6.07) is 11.6. The first-order valence-corrected chi connectivity index (χ1v) is 10.6. The highest BCUT2D eigenvalue weighted by atomic mass is 19.1. The highest BCUT2D eigenvalue weighted by molar-refractivity contribution is 5.94. The van der Waals surface area contributed by atoms with E-state index in [1.165, 1.54) is 16.5 Å². The van der Waals surface area contributed by atoms with Gasteiger partial charge in [0.05, 0.1) is 5.52 Å². The van der Waals surface area contributed by atoms with Crippen molar-refractivity contribution in [1.29, 1.82) is 0 Å². The van der Waals surface area contributed by atoms with Gasteiger partial charge in [-0.2, -0.15) is 0 Å². The van der Waals surface area contributed by atoms with Gasteiger partial charge in [-0.3, -0.25) is 14.5 Å². The molecule has 0 bridgehead atoms. The Bertz CT molecular complexity index is 1210. The maximum Gasteiger partial charge on any atom is 0.259 e. The first-order chi connectivity index (χ1) is 15.0. The summed E-state index contributed by atoms with van der Waals surface area (Å²) in [6.07, 6.45) is 1.96. The molecule has 7 heteroatoms.